The lowest BCUT2D eigenvalue weighted by atomic mass is 9.65. The first-order chi connectivity index (χ1) is 10.0. The summed E-state index contributed by atoms with van der Waals surface area (Å²) in [5, 5.41) is 3.77. The number of hydrogen-bond donors (Lipinski definition) is 1. The van der Waals surface area contributed by atoms with Crippen molar-refractivity contribution in [3.8, 4) is 0 Å². The van der Waals surface area contributed by atoms with Crippen LogP contribution in [0.3, 0.4) is 0 Å². The van der Waals surface area contributed by atoms with Gasteiger partial charge in [0.05, 0.1) is 0 Å². The van der Waals surface area contributed by atoms with Gasteiger partial charge in [0.2, 0.25) is 0 Å². The van der Waals surface area contributed by atoms with Crippen molar-refractivity contribution in [1.82, 2.24) is 5.32 Å². The second-order valence-corrected chi connectivity index (χ2v) is 8.86. The Bertz CT molecular complexity index is 459. The lowest BCUT2D eigenvalue weighted by molar-refractivity contribution is 0.115. The fourth-order valence-corrected chi connectivity index (χ4v) is 4.09. The molecular formula is C19H28BrN. The van der Waals surface area contributed by atoms with E-state index >= 15 is 0 Å². The van der Waals surface area contributed by atoms with Crippen LogP contribution >= 0.6 is 15.9 Å². The molecule has 116 valence electrons. The summed E-state index contributed by atoms with van der Waals surface area (Å²) in [4.78, 5) is 0. The molecule has 1 aromatic rings. The molecule has 2 saturated carbocycles. The third-order valence-electron chi connectivity index (χ3n) is 5.33. The summed E-state index contributed by atoms with van der Waals surface area (Å²) in [6.45, 7) is 6.14. The zero-order chi connectivity index (χ0) is 14.9. The molecule has 1 nitrogen and oxygen atoms in total. The van der Waals surface area contributed by atoms with Crippen molar-refractivity contribution in [2.45, 2.75) is 58.4 Å². The van der Waals surface area contributed by atoms with Gasteiger partial charge in [-0.2, -0.15) is 0 Å². The standard InChI is InChI=1S/C19H28BrN/c1-19(2)10-9-15(13-21-18-7-8-18)16(12-19)11-14-3-5-17(20)6-4-14/h3-6,15-16,18,21H,7-13H2,1-2H3. The minimum Gasteiger partial charge on any atom is -0.314 e. The smallest absolute Gasteiger partial charge is 0.0175 e. The van der Waals surface area contributed by atoms with Gasteiger partial charge >= 0.3 is 0 Å². The van der Waals surface area contributed by atoms with Gasteiger partial charge in [0, 0.05) is 10.5 Å². The Morgan fingerprint density at radius 3 is 2.48 bits per heavy atom. The van der Waals surface area contributed by atoms with Crippen molar-refractivity contribution >= 4 is 15.9 Å². The van der Waals surface area contributed by atoms with Crippen molar-refractivity contribution in [3.63, 3.8) is 0 Å². The summed E-state index contributed by atoms with van der Waals surface area (Å²) in [7, 11) is 0. The van der Waals surface area contributed by atoms with Crippen LogP contribution < -0.4 is 5.32 Å². The van der Waals surface area contributed by atoms with Crippen LogP contribution in [-0.2, 0) is 6.42 Å². The Hall–Kier alpha value is -0.340. The topological polar surface area (TPSA) is 12.0 Å². The summed E-state index contributed by atoms with van der Waals surface area (Å²) in [6.07, 6.45) is 8.20. The van der Waals surface area contributed by atoms with Gasteiger partial charge in [-0.1, -0.05) is 41.9 Å². The molecule has 2 aliphatic carbocycles. The molecule has 0 spiro atoms. The van der Waals surface area contributed by atoms with Crippen LogP contribution in [0, 0.1) is 17.3 Å². The molecule has 0 aliphatic heterocycles. The van der Waals surface area contributed by atoms with Gasteiger partial charge in [-0.05, 0) is 80.0 Å². The van der Waals surface area contributed by atoms with Crippen LogP contribution in [0.2, 0.25) is 0 Å². The molecule has 21 heavy (non-hydrogen) atoms. The van der Waals surface area contributed by atoms with Crippen molar-refractivity contribution in [2.75, 3.05) is 6.54 Å². The molecule has 0 aromatic heterocycles. The van der Waals surface area contributed by atoms with Crippen molar-refractivity contribution in [3.05, 3.63) is 34.3 Å². The summed E-state index contributed by atoms with van der Waals surface area (Å²) in [6, 6.07) is 9.78. The molecule has 1 N–H and O–H groups in total. The Balaban J connectivity index is 1.64. The summed E-state index contributed by atoms with van der Waals surface area (Å²) in [5.74, 6) is 1.70. The van der Waals surface area contributed by atoms with E-state index in [0.717, 1.165) is 17.9 Å². The molecule has 0 saturated heterocycles. The molecule has 1 aromatic carbocycles. The van der Waals surface area contributed by atoms with E-state index in [0.29, 0.717) is 5.41 Å². The Morgan fingerprint density at radius 1 is 1.10 bits per heavy atom. The number of hydrogen-bond acceptors (Lipinski definition) is 1. The largest absolute Gasteiger partial charge is 0.314 e. The number of rotatable bonds is 5. The van der Waals surface area contributed by atoms with Crippen molar-refractivity contribution < 1.29 is 0 Å². The van der Waals surface area contributed by atoms with Gasteiger partial charge in [-0.3, -0.25) is 0 Å². The molecule has 0 heterocycles. The lowest BCUT2D eigenvalue weighted by Gasteiger charge is -2.41. The Labute approximate surface area is 138 Å². The Kier molecular flexibility index (Phi) is 4.75. The van der Waals surface area contributed by atoms with E-state index < -0.39 is 0 Å². The quantitative estimate of drug-likeness (QED) is 0.771. The van der Waals surface area contributed by atoms with Crippen LogP contribution in [-0.4, -0.2) is 12.6 Å². The fourth-order valence-electron chi connectivity index (χ4n) is 3.83. The zero-order valence-corrected chi connectivity index (χ0v) is 15.0. The van der Waals surface area contributed by atoms with Crippen molar-refractivity contribution in [2.24, 2.45) is 17.3 Å². The summed E-state index contributed by atoms with van der Waals surface area (Å²) < 4.78 is 1.18. The monoisotopic (exact) mass is 349 g/mol. The van der Waals surface area contributed by atoms with E-state index in [-0.39, 0.29) is 0 Å². The van der Waals surface area contributed by atoms with Gasteiger partial charge in [-0.25, -0.2) is 0 Å². The van der Waals surface area contributed by atoms with E-state index in [1.165, 1.54) is 55.1 Å². The third-order valence-corrected chi connectivity index (χ3v) is 5.86. The van der Waals surface area contributed by atoms with Gasteiger partial charge < -0.3 is 5.32 Å². The Morgan fingerprint density at radius 2 is 1.81 bits per heavy atom. The average Bonchev–Trinajstić information content (AvgIpc) is 3.24. The zero-order valence-electron chi connectivity index (χ0n) is 13.4. The molecule has 0 radical (unpaired) electrons. The number of benzene rings is 1. The van der Waals surface area contributed by atoms with E-state index in [9.17, 15) is 0 Å². The molecular weight excluding hydrogens is 322 g/mol. The molecule has 2 aliphatic rings. The minimum absolute atomic E-state index is 0.524. The van der Waals surface area contributed by atoms with E-state index in [1.807, 2.05) is 0 Å². The molecule has 0 bridgehead atoms. The highest BCUT2D eigenvalue weighted by Crippen LogP contribution is 2.43. The second-order valence-electron chi connectivity index (χ2n) is 7.94. The highest BCUT2D eigenvalue weighted by atomic mass is 79.9. The lowest BCUT2D eigenvalue weighted by Crippen LogP contribution is -2.37. The first kappa shape index (κ1) is 15.6. The normalized spacial score (nSPS) is 28.5. The van der Waals surface area contributed by atoms with E-state index in [4.69, 9.17) is 0 Å². The van der Waals surface area contributed by atoms with E-state index in [2.05, 4.69) is 59.4 Å². The highest BCUT2D eigenvalue weighted by Gasteiger charge is 2.35. The van der Waals surface area contributed by atoms with Crippen molar-refractivity contribution in [1.29, 1.82) is 0 Å². The molecule has 3 rings (SSSR count). The van der Waals surface area contributed by atoms with Crippen LogP contribution in [0.25, 0.3) is 0 Å². The summed E-state index contributed by atoms with van der Waals surface area (Å²) in [5.41, 5.74) is 2.02. The second kappa shape index (κ2) is 6.42. The SMILES string of the molecule is CC1(C)CCC(CNC2CC2)C(Cc2ccc(Br)cc2)C1. The third kappa shape index (κ3) is 4.56. The highest BCUT2D eigenvalue weighted by molar-refractivity contribution is 9.10. The first-order valence-electron chi connectivity index (χ1n) is 8.50. The fraction of sp³-hybridized carbons (Fsp3) is 0.684. The van der Waals surface area contributed by atoms with Gasteiger partial charge in [0.25, 0.3) is 0 Å². The van der Waals surface area contributed by atoms with E-state index in [1.54, 1.807) is 0 Å². The maximum Gasteiger partial charge on any atom is 0.0175 e. The molecule has 2 atom stereocenters. The minimum atomic E-state index is 0.524. The maximum absolute atomic E-state index is 3.77. The van der Waals surface area contributed by atoms with Gasteiger partial charge in [-0.15, -0.1) is 0 Å². The molecule has 0 amide bonds. The van der Waals surface area contributed by atoms with Gasteiger partial charge in [0.1, 0.15) is 0 Å². The first-order valence-corrected chi connectivity index (χ1v) is 9.29. The maximum atomic E-state index is 3.77. The number of halogens is 1. The predicted molar refractivity (Wildman–Crippen MR) is 93.5 cm³/mol. The predicted octanol–water partition coefficient (Wildman–Crippen LogP) is 5.19. The molecule has 2 fully saturated rings. The van der Waals surface area contributed by atoms with Crippen LogP contribution in [0.1, 0.15) is 51.5 Å². The number of nitrogens with one attached hydrogen (secondary N) is 1. The van der Waals surface area contributed by atoms with Crippen LogP contribution in [0.15, 0.2) is 28.7 Å². The summed E-state index contributed by atoms with van der Waals surface area (Å²) >= 11 is 3.54. The molecule has 2 unspecified atom stereocenters. The molecule has 2 heteroatoms. The van der Waals surface area contributed by atoms with Crippen LogP contribution in [0.5, 0.6) is 0 Å². The van der Waals surface area contributed by atoms with Crippen LogP contribution in [0.4, 0.5) is 0 Å². The average molecular weight is 350 g/mol. The van der Waals surface area contributed by atoms with Gasteiger partial charge in [0.15, 0.2) is 0 Å².